The second-order valence-electron chi connectivity index (χ2n) is 7.75. The molecule has 4 nitrogen and oxygen atoms in total. The SMILES string of the molecule is C=C1NC2=C(C(=O)CC(C)(C)C2)C(c2cccc(Cl)c2)C1C(=O)OCC. The molecule has 1 heterocycles. The van der Waals surface area contributed by atoms with E-state index in [9.17, 15) is 9.59 Å². The van der Waals surface area contributed by atoms with Crippen LogP contribution in [0.15, 0.2) is 47.8 Å². The lowest BCUT2D eigenvalue weighted by atomic mass is 9.66. The Morgan fingerprint density at radius 1 is 1.38 bits per heavy atom. The second-order valence-corrected chi connectivity index (χ2v) is 8.18. The van der Waals surface area contributed by atoms with E-state index in [1.807, 2.05) is 18.2 Å². The first kappa shape index (κ1) is 18.7. The maximum Gasteiger partial charge on any atom is 0.315 e. The lowest BCUT2D eigenvalue weighted by Gasteiger charge is -2.42. The van der Waals surface area contributed by atoms with Crippen molar-refractivity contribution in [2.75, 3.05) is 6.61 Å². The Labute approximate surface area is 159 Å². The minimum atomic E-state index is -0.655. The smallest absolute Gasteiger partial charge is 0.315 e. The molecule has 1 aromatic rings. The van der Waals surface area contributed by atoms with Crippen LogP contribution in [0.5, 0.6) is 0 Å². The fraction of sp³-hybridized carbons (Fsp3) is 0.429. The maximum atomic E-state index is 13.0. The molecule has 0 saturated carbocycles. The molecule has 0 fully saturated rings. The van der Waals surface area contributed by atoms with E-state index in [1.165, 1.54) is 0 Å². The topological polar surface area (TPSA) is 55.4 Å². The van der Waals surface area contributed by atoms with Crippen LogP contribution in [0.3, 0.4) is 0 Å². The standard InChI is InChI=1S/C21H24ClNO3/c1-5-26-20(25)17-12(2)23-15-10-21(3,4)11-16(24)19(15)18(17)13-7-6-8-14(22)9-13/h6-9,17-18,23H,2,5,10-11H2,1,3-4H3. The van der Waals surface area contributed by atoms with E-state index in [1.54, 1.807) is 13.0 Å². The molecule has 0 spiro atoms. The van der Waals surface area contributed by atoms with E-state index in [-0.39, 0.29) is 23.8 Å². The Kier molecular flexibility index (Phi) is 4.98. The van der Waals surface area contributed by atoms with E-state index in [0.717, 1.165) is 17.7 Å². The molecule has 138 valence electrons. The van der Waals surface area contributed by atoms with Crippen molar-refractivity contribution in [2.24, 2.45) is 11.3 Å². The summed E-state index contributed by atoms with van der Waals surface area (Å²) >= 11 is 6.19. The summed E-state index contributed by atoms with van der Waals surface area (Å²) in [5.74, 6) is -1.40. The molecule has 1 aliphatic carbocycles. The molecule has 26 heavy (non-hydrogen) atoms. The summed E-state index contributed by atoms with van der Waals surface area (Å²) in [6.07, 6.45) is 1.19. The van der Waals surface area contributed by atoms with Crippen LogP contribution in [0.4, 0.5) is 0 Å². The van der Waals surface area contributed by atoms with Crippen LogP contribution >= 0.6 is 11.6 Å². The Hall–Kier alpha value is -2.07. The van der Waals surface area contributed by atoms with Crippen LogP contribution < -0.4 is 5.32 Å². The zero-order chi connectivity index (χ0) is 19.1. The number of halogens is 1. The van der Waals surface area contributed by atoms with E-state index in [2.05, 4.69) is 25.7 Å². The summed E-state index contributed by atoms with van der Waals surface area (Å²) in [7, 11) is 0. The highest BCUT2D eigenvalue weighted by molar-refractivity contribution is 6.30. The van der Waals surface area contributed by atoms with Gasteiger partial charge in [-0.05, 0) is 36.5 Å². The second kappa shape index (κ2) is 6.92. The van der Waals surface area contributed by atoms with Gasteiger partial charge in [0, 0.05) is 34.3 Å². The number of hydrogen-bond acceptors (Lipinski definition) is 4. The molecule has 1 aliphatic heterocycles. The molecule has 0 radical (unpaired) electrons. The maximum absolute atomic E-state index is 13.0. The number of rotatable bonds is 3. The van der Waals surface area contributed by atoms with Crippen LogP contribution in [0.2, 0.25) is 5.02 Å². The predicted molar refractivity (Wildman–Crippen MR) is 102 cm³/mol. The zero-order valence-electron chi connectivity index (χ0n) is 15.4. The lowest BCUT2D eigenvalue weighted by Crippen LogP contribution is -2.43. The zero-order valence-corrected chi connectivity index (χ0v) is 16.2. The molecule has 5 heteroatoms. The number of hydrogen-bond donors (Lipinski definition) is 1. The van der Waals surface area contributed by atoms with Crippen molar-refractivity contribution in [1.82, 2.24) is 5.32 Å². The molecule has 0 saturated heterocycles. The summed E-state index contributed by atoms with van der Waals surface area (Å²) in [4.78, 5) is 25.7. The number of carbonyl (C=O) groups excluding carboxylic acids is 2. The summed E-state index contributed by atoms with van der Waals surface area (Å²) in [6, 6.07) is 7.33. The fourth-order valence-electron chi connectivity index (χ4n) is 4.02. The molecule has 0 bridgehead atoms. The Bertz CT molecular complexity index is 809. The summed E-state index contributed by atoms with van der Waals surface area (Å²) in [6.45, 7) is 10.3. The van der Waals surface area contributed by atoms with Gasteiger partial charge in [0.05, 0.1) is 6.61 Å². The Balaban J connectivity index is 2.17. The van der Waals surface area contributed by atoms with Crippen LogP contribution in [-0.4, -0.2) is 18.4 Å². The van der Waals surface area contributed by atoms with Gasteiger partial charge in [-0.15, -0.1) is 0 Å². The van der Waals surface area contributed by atoms with Gasteiger partial charge in [-0.1, -0.05) is 44.2 Å². The highest BCUT2D eigenvalue weighted by Gasteiger charge is 2.46. The van der Waals surface area contributed by atoms with Crippen molar-refractivity contribution in [1.29, 1.82) is 0 Å². The number of carbonyl (C=O) groups is 2. The van der Waals surface area contributed by atoms with Crippen LogP contribution in [0.25, 0.3) is 0 Å². The number of esters is 1. The van der Waals surface area contributed by atoms with Gasteiger partial charge >= 0.3 is 5.97 Å². The van der Waals surface area contributed by atoms with Crippen molar-refractivity contribution >= 4 is 23.4 Å². The Morgan fingerprint density at radius 2 is 2.12 bits per heavy atom. The van der Waals surface area contributed by atoms with Gasteiger partial charge in [0.2, 0.25) is 0 Å². The quantitative estimate of drug-likeness (QED) is 0.799. The number of benzene rings is 1. The van der Waals surface area contributed by atoms with Crippen molar-refractivity contribution in [2.45, 2.75) is 39.5 Å². The molecule has 0 amide bonds. The summed E-state index contributed by atoms with van der Waals surface area (Å²) < 4.78 is 5.28. The largest absolute Gasteiger partial charge is 0.465 e. The van der Waals surface area contributed by atoms with Gasteiger partial charge in [-0.2, -0.15) is 0 Å². The highest BCUT2D eigenvalue weighted by atomic mass is 35.5. The first-order valence-electron chi connectivity index (χ1n) is 8.87. The van der Waals surface area contributed by atoms with Crippen LogP contribution in [0, 0.1) is 11.3 Å². The average molecular weight is 374 g/mol. The number of allylic oxidation sites excluding steroid dienone is 2. The molecule has 2 unspecified atom stereocenters. The first-order chi connectivity index (χ1) is 12.2. The number of ketones is 1. The van der Waals surface area contributed by atoms with E-state index >= 15 is 0 Å². The number of nitrogens with one attached hydrogen (secondary N) is 1. The molecule has 1 aromatic carbocycles. The lowest BCUT2D eigenvalue weighted by molar-refractivity contribution is -0.147. The minimum absolute atomic E-state index is 0.0653. The van der Waals surface area contributed by atoms with Crippen LogP contribution in [0.1, 0.15) is 45.1 Å². The molecule has 0 aromatic heterocycles. The first-order valence-corrected chi connectivity index (χ1v) is 9.25. The van der Waals surface area contributed by atoms with Gasteiger partial charge in [0.15, 0.2) is 5.78 Å². The molecule has 1 N–H and O–H groups in total. The molecule has 2 aliphatic rings. The summed E-state index contributed by atoms with van der Waals surface area (Å²) in [5, 5.41) is 3.81. The Morgan fingerprint density at radius 3 is 2.77 bits per heavy atom. The minimum Gasteiger partial charge on any atom is -0.465 e. The van der Waals surface area contributed by atoms with Crippen molar-refractivity contribution < 1.29 is 14.3 Å². The van der Waals surface area contributed by atoms with Gasteiger partial charge in [-0.3, -0.25) is 9.59 Å². The van der Waals surface area contributed by atoms with Gasteiger partial charge in [-0.25, -0.2) is 0 Å². The third kappa shape index (κ3) is 3.43. The van der Waals surface area contributed by atoms with E-state index in [4.69, 9.17) is 16.3 Å². The van der Waals surface area contributed by atoms with Crippen molar-refractivity contribution in [3.05, 3.63) is 58.4 Å². The van der Waals surface area contributed by atoms with Gasteiger partial charge in [0.1, 0.15) is 5.92 Å². The fourth-order valence-corrected chi connectivity index (χ4v) is 4.21. The molecular weight excluding hydrogens is 350 g/mol. The van der Waals surface area contributed by atoms with Crippen molar-refractivity contribution in [3.8, 4) is 0 Å². The third-order valence-electron chi connectivity index (χ3n) is 5.00. The average Bonchev–Trinajstić information content (AvgIpc) is 2.52. The molecular formula is C21H24ClNO3. The molecule has 3 rings (SSSR count). The predicted octanol–water partition coefficient (Wildman–Crippen LogP) is 4.36. The van der Waals surface area contributed by atoms with Gasteiger partial charge < -0.3 is 10.1 Å². The molecule has 2 atom stereocenters. The highest BCUT2D eigenvalue weighted by Crippen LogP contribution is 2.48. The number of Topliss-reactive ketones (excluding diaryl/α,β-unsaturated/α-hetero) is 1. The van der Waals surface area contributed by atoms with Gasteiger partial charge in [0.25, 0.3) is 0 Å². The number of ether oxygens (including phenoxy) is 1. The van der Waals surface area contributed by atoms with Crippen LogP contribution in [-0.2, 0) is 14.3 Å². The third-order valence-corrected chi connectivity index (χ3v) is 5.23. The monoisotopic (exact) mass is 373 g/mol. The normalized spacial score (nSPS) is 24.8. The van der Waals surface area contributed by atoms with E-state index in [0.29, 0.717) is 22.7 Å². The van der Waals surface area contributed by atoms with Crippen molar-refractivity contribution in [3.63, 3.8) is 0 Å². The van der Waals surface area contributed by atoms with E-state index < -0.39 is 11.8 Å². The summed E-state index contributed by atoms with van der Waals surface area (Å²) in [5.41, 5.74) is 2.80.